The van der Waals surface area contributed by atoms with Crippen LogP contribution in [0.25, 0.3) is 0 Å². The molecule has 0 saturated heterocycles. The normalized spacial score (nSPS) is 12.8. The summed E-state index contributed by atoms with van der Waals surface area (Å²) in [6.07, 6.45) is 0.792. The molecule has 3 amide bonds. The van der Waals surface area contributed by atoms with Crippen molar-refractivity contribution in [1.82, 2.24) is 4.90 Å². The lowest BCUT2D eigenvalue weighted by Crippen LogP contribution is -2.36. The molecular weight excluding hydrogens is 386 g/mol. The minimum absolute atomic E-state index is 0.0195. The van der Waals surface area contributed by atoms with E-state index in [1.165, 1.54) is 5.56 Å². The van der Waals surface area contributed by atoms with Gasteiger partial charge in [-0.15, -0.1) is 0 Å². The van der Waals surface area contributed by atoms with E-state index in [4.69, 9.17) is 11.6 Å². The molecule has 3 aromatic rings. The third-order valence-electron chi connectivity index (χ3n) is 4.91. The Morgan fingerprint density at radius 1 is 0.862 bits per heavy atom. The van der Waals surface area contributed by atoms with Crippen molar-refractivity contribution in [3.8, 4) is 0 Å². The Hall–Kier alpha value is -3.31. The average Bonchev–Trinajstić information content (AvgIpc) is 2.75. The third-order valence-corrected chi connectivity index (χ3v) is 5.24. The van der Waals surface area contributed by atoms with E-state index in [-0.39, 0.29) is 11.9 Å². The van der Waals surface area contributed by atoms with Crippen LogP contribution in [0.1, 0.15) is 21.5 Å². The van der Waals surface area contributed by atoms with Crippen molar-refractivity contribution in [3.63, 3.8) is 0 Å². The molecule has 0 atom stereocenters. The molecule has 0 radical (unpaired) electrons. The fourth-order valence-corrected chi connectivity index (χ4v) is 3.60. The van der Waals surface area contributed by atoms with Crippen LogP contribution < -0.4 is 10.6 Å². The molecule has 0 saturated carbocycles. The van der Waals surface area contributed by atoms with Crippen LogP contribution in [0.15, 0.2) is 72.8 Å². The third kappa shape index (κ3) is 4.41. The molecule has 0 aromatic heterocycles. The van der Waals surface area contributed by atoms with Gasteiger partial charge in [-0.05, 0) is 53.9 Å². The predicted octanol–water partition coefficient (Wildman–Crippen LogP) is 5.18. The Labute approximate surface area is 174 Å². The number of urea groups is 1. The number of nitrogens with one attached hydrogen (secondary N) is 2. The number of anilines is 2. The van der Waals surface area contributed by atoms with Crippen molar-refractivity contribution in [1.29, 1.82) is 0 Å². The number of benzene rings is 3. The molecule has 6 heteroatoms. The van der Waals surface area contributed by atoms with Gasteiger partial charge in [0.25, 0.3) is 5.91 Å². The van der Waals surface area contributed by atoms with E-state index >= 15 is 0 Å². The van der Waals surface area contributed by atoms with Gasteiger partial charge in [0, 0.05) is 24.3 Å². The summed E-state index contributed by atoms with van der Waals surface area (Å²) < 4.78 is 0. The van der Waals surface area contributed by atoms with E-state index < -0.39 is 0 Å². The zero-order valence-corrected chi connectivity index (χ0v) is 16.4. The lowest BCUT2D eigenvalue weighted by atomic mass is 9.98. The summed E-state index contributed by atoms with van der Waals surface area (Å²) in [5, 5.41) is 6.05. The van der Waals surface area contributed by atoms with Crippen molar-refractivity contribution in [2.75, 3.05) is 17.2 Å². The second kappa shape index (κ2) is 8.37. The molecule has 0 fully saturated rings. The number of amides is 3. The molecule has 0 aliphatic carbocycles. The van der Waals surface area contributed by atoms with Crippen molar-refractivity contribution < 1.29 is 9.59 Å². The van der Waals surface area contributed by atoms with E-state index in [2.05, 4.69) is 10.6 Å². The summed E-state index contributed by atoms with van der Waals surface area (Å²) in [7, 11) is 0. The van der Waals surface area contributed by atoms with E-state index in [1.54, 1.807) is 24.3 Å². The molecule has 146 valence electrons. The second-order valence-corrected chi connectivity index (χ2v) is 7.29. The Morgan fingerprint density at radius 2 is 1.62 bits per heavy atom. The molecule has 0 spiro atoms. The number of halogens is 1. The van der Waals surface area contributed by atoms with Crippen molar-refractivity contribution >= 4 is 34.9 Å². The fraction of sp³-hybridized carbons (Fsp3) is 0.130. The predicted molar refractivity (Wildman–Crippen MR) is 115 cm³/mol. The maximum absolute atomic E-state index is 12.7. The second-order valence-electron chi connectivity index (χ2n) is 6.89. The first-order chi connectivity index (χ1) is 14.1. The fourth-order valence-electron chi connectivity index (χ4n) is 3.42. The first kappa shape index (κ1) is 19.0. The van der Waals surface area contributed by atoms with Gasteiger partial charge in [-0.25, -0.2) is 4.79 Å². The summed E-state index contributed by atoms with van der Waals surface area (Å²) in [4.78, 5) is 26.9. The van der Waals surface area contributed by atoms with Gasteiger partial charge in [-0.3, -0.25) is 4.79 Å². The highest BCUT2D eigenvalue weighted by molar-refractivity contribution is 6.33. The van der Waals surface area contributed by atoms with E-state index in [0.29, 0.717) is 35.1 Å². The van der Waals surface area contributed by atoms with E-state index in [9.17, 15) is 9.59 Å². The monoisotopic (exact) mass is 405 g/mol. The summed E-state index contributed by atoms with van der Waals surface area (Å²) in [5.74, 6) is 0.0195. The molecule has 29 heavy (non-hydrogen) atoms. The molecule has 1 heterocycles. The van der Waals surface area contributed by atoms with Gasteiger partial charge >= 0.3 is 6.03 Å². The van der Waals surface area contributed by atoms with Crippen LogP contribution in [0.5, 0.6) is 0 Å². The smallest absolute Gasteiger partial charge is 0.323 e. The standard InChI is InChI=1S/C23H20ClN3O2/c24-20-8-4-5-9-21(20)26-23(29)25-19-11-10-16-12-13-27(15-18(16)14-19)22(28)17-6-2-1-3-7-17/h1-11,14H,12-13,15H2,(H2,25,26,29). The van der Waals surface area contributed by atoms with Gasteiger partial charge in [-0.1, -0.05) is 48.0 Å². The van der Waals surface area contributed by atoms with Crippen molar-refractivity contribution in [3.05, 3.63) is 94.5 Å². The number of nitrogens with zero attached hydrogens (tertiary/aromatic N) is 1. The number of hydrogen-bond donors (Lipinski definition) is 2. The number of rotatable bonds is 3. The Balaban J connectivity index is 1.45. The minimum Gasteiger partial charge on any atom is -0.334 e. The zero-order chi connectivity index (χ0) is 20.2. The first-order valence-corrected chi connectivity index (χ1v) is 9.76. The molecule has 3 aromatic carbocycles. The molecule has 1 aliphatic rings. The highest BCUT2D eigenvalue weighted by Crippen LogP contribution is 2.25. The SMILES string of the molecule is O=C(Nc1ccc2c(c1)CN(C(=O)c1ccccc1)CC2)Nc1ccccc1Cl. The molecule has 2 N–H and O–H groups in total. The van der Waals surface area contributed by atoms with E-state index in [0.717, 1.165) is 12.0 Å². The average molecular weight is 406 g/mol. The number of para-hydroxylation sites is 1. The number of hydrogen-bond acceptors (Lipinski definition) is 2. The van der Waals surface area contributed by atoms with Gasteiger partial charge in [0.2, 0.25) is 0 Å². The van der Waals surface area contributed by atoms with Gasteiger partial charge < -0.3 is 15.5 Å². The van der Waals surface area contributed by atoms with Crippen LogP contribution in [-0.2, 0) is 13.0 Å². The minimum atomic E-state index is -0.369. The quantitative estimate of drug-likeness (QED) is 0.630. The Kier molecular flexibility index (Phi) is 5.49. The molecule has 4 rings (SSSR count). The summed E-state index contributed by atoms with van der Waals surface area (Å²) in [6, 6.07) is 21.8. The number of carbonyl (C=O) groups is 2. The largest absolute Gasteiger partial charge is 0.334 e. The van der Waals surface area contributed by atoms with Crippen LogP contribution in [0.4, 0.5) is 16.2 Å². The molecule has 0 bridgehead atoms. The van der Waals surface area contributed by atoms with Gasteiger partial charge in [-0.2, -0.15) is 0 Å². The number of carbonyl (C=O) groups excluding carboxylic acids is 2. The van der Waals surface area contributed by atoms with Crippen LogP contribution in [0.3, 0.4) is 0 Å². The van der Waals surface area contributed by atoms with E-state index in [1.807, 2.05) is 53.4 Å². The van der Waals surface area contributed by atoms with Crippen LogP contribution in [0.2, 0.25) is 5.02 Å². The Morgan fingerprint density at radius 3 is 2.41 bits per heavy atom. The lowest BCUT2D eigenvalue weighted by Gasteiger charge is -2.29. The van der Waals surface area contributed by atoms with Crippen LogP contribution >= 0.6 is 11.6 Å². The lowest BCUT2D eigenvalue weighted by molar-refractivity contribution is 0.0734. The summed E-state index contributed by atoms with van der Waals surface area (Å²) in [5.41, 5.74) is 4.13. The molecule has 0 unspecified atom stereocenters. The first-order valence-electron chi connectivity index (χ1n) is 9.39. The molecule has 5 nitrogen and oxygen atoms in total. The highest BCUT2D eigenvalue weighted by atomic mass is 35.5. The summed E-state index contributed by atoms with van der Waals surface area (Å²) in [6.45, 7) is 1.20. The van der Waals surface area contributed by atoms with Crippen LogP contribution in [-0.4, -0.2) is 23.4 Å². The number of fused-ring (bicyclic) bond motifs is 1. The van der Waals surface area contributed by atoms with Gasteiger partial charge in [0.1, 0.15) is 0 Å². The molecular formula is C23H20ClN3O2. The molecule has 1 aliphatic heterocycles. The van der Waals surface area contributed by atoms with Crippen LogP contribution in [0, 0.1) is 0 Å². The maximum atomic E-state index is 12.7. The topological polar surface area (TPSA) is 61.4 Å². The van der Waals surface area contributed by atoms with Gasteiger partial charge in [0.05, 0.1) is 10.7 Å². The Bertz CT molecular complexity index is 1050. The van der Waals surface area contributed by atoms with Crippen molar-refractivity contribution in [2.24, 2.45) is 0 Å². The van der Waals surface area contributed by atoms with Gasteiger partial charge in [0.15, 0.2) is 0 Å². The van der Waals surface area contributed by atoms with Crippen molar-refractivity contribution in [2.45, 2.75) is 13.0 Å². The highest BCUT2D eigenvalue weighted by Gasteiger charge is 2.22. The maximum Gasteiger partial charge on any atom is 0.323 e. The zero-order valence-electron chi connectivity index (χ0n) is 15.7. The summed E-state index contributed by atoms with van der Waals surface area (Å²) >= 11 is 6.08.